The van der Waals surface area contributed by atoms with Crippen molar-refractivity contribution in [3.05, 3.63) is 29.6 Å². The molecule has 0 fully saturated rings. The number of aliphatic hydroxyl groups is 1. The summed E-state index contributed by atoms with van der Waals surface area (Å²) in [5.41, 5.74) is -0.492. The normalized spacial score (nSPS) is 13.7. The predicted molar refractivity (Wildman–Crippen MR) is 64.2 cm³/mol. The summed E-state index contributed by atoms with van der Waals surface area (Å²) in [6.45, 7) is 2.92. The predicted octanol–water partition coefficient (Wildman–Crippen LogP) is 0.346. The molecular formula is C12H16N2O4. The van der Waals surface area contributed by atoms with Gasteiger partial charge in [0.05, 0.1) is 17.6 Å². The van der Waals surface area contributed by atoms with Crippen LogP contribution < -0.4 is 5.32 Å². The fourth-order valence-corrected chi connectivity index (χ4v) is 1.48. The Hall–Kier alpha value is -1.95. The number of hydrogen-bond acceptors (Lipinski definition) is 4. The molecule has 0 spiro atoms. The molecule has 6 heteroatoms. The van der Waals surface area contributed by atoms with E-state index in [4.69, 9.17) is 5.11 Å². The average molecular weight is 252 g/mol. The molecule has 0 radical (unpaired) electrons. The maximum Gasteiger partial charge on any atom is 0.306 e. The smallest absolute Gasteiger partial charge is 0.306 e. The summed E-state index contributed by atoms with van der Waals surface area (Å²) in [5, 5.41) is 20.8. The van der Waals surface area contributed by atoms with Gasteiger partial charge in [0.2, 0.25) is 0 Å². The second-order valence-corrected chi connectivity index (χ2v) is 4.39. The number of amides is 1. The highest BCUT2D eigenvalue weighted by Gasteiger charge is 2.25. The lowest BCUT2D eigenvalue weighted by molar-refractivity contribution is -0.141. The number of pyridine rings is 1. The first kappa shape index (κ1) is 14.1. The van der Waals surface area contributed by atoms with Gasteiger partial charge in [-0.25, -0.2) is 0 Å². The number of aromatic nitrogens is 1. The summed E-state index contributed by atoms with van der Waals surface area (Å²) in [6, 6.07) is 3.25. The molecule has 1 rings (SSSR count). The van der Waals surface area contributed by atoms with E-state index >= 15 is 0 Å². The molecule has 0 aliphatic rings. The Bertz CT molecular complexity index is 457. The highest BCUT2D eigenvalue weighted by atomic mass is 16.4. The lowest BCUT2D eigenvalue weighted by Crippen LogP contribution is -2.42. The van der Waals surface area contributed by atoms with Crippen LogP contribution in [0.25, 0.3) is 0 Å². The molecule has 1 unspecified atom stereocenters. The van der Waals surface area contributed by atoms with Crippen molar-refractivity contribution in [1.29, 1.82) is 0 Å². The molecule has 1 aromatic heterocycles. The summed E-state index contributed by atoms with van der Waals surface area (Å²) in [5.74, 6) is -1.50. The molecule has 1 heterocycles. The van der Waals surface area contributed by atoms with Crippen LogP contribution >= 0.6 is 0 Å². The van der Waals surface area contributed by atoms with Gasteiger partial charge in [-0.1, -0.05) is 0 Å². The minimum Gasteiger partial charge on any atom is -0.481 e. The van der Waals surface area contributed by atoms with E-state index in [2.05, 4.69) is 10.3 Å². The first-order valence-electron chi connectivity index (χ1n) is 5.46. The summed E-state index contributed by atoms with van der Waals surface area (Å²) in [6.07, 6.45) is 1.14. The van der Waals surface area contributed by atoms with E-state index in [0.29, 0.717) is 11.3 Å². The fourth-order valence-electron chi connectivity index (χ4n) is 1.48. The zero-order valence-electron chi connectivity index (χ0n) is 10.3. The zero-order valence-corrected chi connectivity index (χ0v) is 10.3. The van der Waals surface area contributed by atoms with Gasteiger partial charge in [0.15, 0.2) is 0 Å². The van der Waals surface area contributed by atoms with Gasteiger partial charge < -0.3 is 15.5 Å². The summed E-state index contributed by atoms with van der Waals surface area (Å²) in [4.78, 5) is 26.3. The van der Waals surface area contributed by atoms with E-state index in [1.165, 1.54) is 6.92 Å². The van der Waals surface area contributed by atoms with Crippen molar-refractivity contribution in [3.63, 3.8) is 0 Å². The van der Waals surface area contributed by atoms with Crippen molar-refractivity contribution in [2.45, 2.75) is 25.9 Å². The number of nitrogens with zero attached hydrogens (tertiary/aromatic N) is 1. The molecule has 1 amide bonds. The first-order chi connectivity index (χ1) is 8.32. The zero-order chi connectivity index (χ0) is 13.8. The van der Waals surface area contributed by atoms with Crippen LogP contribution in [-0.2, 0) is 4.79 Å². The molecule has 18 heavy (non-hydrogen) atoms. The van der Waals surface area contributed by atoms with Gasteiger partial charge in [0.1, 0.15) is 0 Å². The van der Waals surface area contributed by atoms with E-state index in [9.17, 15) is 14.7 Å². The third kappa shape index (κ3) is 4.14. The second kappa shape index (κ2) is 5.59. The Labute approximate surface area is 105 Å². The van der Waals surface area contributed by atoms with Gasteiger partial charge in [0.25, 0.3) is 5.91 Å². The molecule has 0 bridgehead atoms. The van der Waals surface area contributed by atoms with Crippen LogP contribution in [0, 0.1) is 6.92 Å². The third-order valence-corrected chi connectivity index (χ3v) is 2.41. The molecule has 0 aliphatic carbocycles. The number of aliphatic carboxylic acids is 1. The van der Waals surface area contributed by atoms with E-state index < -0.39 is 18.0 Å². The number of hydrogen-bond donors (Lipinski definition) is 3. The SMILES string of the molecule is Cc1ncccc1C(=O)NCC(C)(O)CC(=O)O. The van der Waals surface area contributed by atoms with Crippen LogP contribution in [0.5, 0.6) is 0 Å². The minimum absolute atomic E-state index is 0.132. The number of carboxylic acid groups (broad SMARTS) is 1. The van der Waals surface area contributed by atoms with Crippen LogP contribution in [0.15, 0.2) is 18.3 Å². The van der Waals surface area contributed by atoms with Gasteiger partial charge >= 0.3 is 5.97 Å². The minimum atomic E-state index is -1.47. The molecular weight excluding hydrogens is 236 g/mol. The fraction of sp³-hybridized carbons (Fsp3) is 0.417. The van der Waals surface area contributed by atoms with E-state index in [0.717, 1.165) is 0 Å². The number of aryl methyl sites for hydroxylation is 1. The maximum absolute atomic E-state index is 11.8. The molecule has 1 aromatic rings. The highest BCUT2D eigenvalue weighted by Crippen LogP contribution is 2.09. The number of carbonyl (C=O) groups excluding carboxylic acids is 1. The third-order valence-electron chi connectivity index (χ3n) is 2.41. The molecule has 0 aromatic carbocycles. The van der Waals surface area contributed by atoms with E-state index in [-0.39, 0.29) is 12.5 Å². The standard InChI is InChI=1S/C12H16N2O4/c1-8-9(4-3-5-13-8)11(17)14-7-12(2,18)6-10(15)16/h3-5,18H,6-7H2,1-2H3,(H,14,17)(H,15,16). The lowest BCUT2D eigenvalue weighted by atomic mass is 10.0. The molecule has 1 atom stereocenters. The Morgan fingerprint density at radius 2 is 2.17 bits per heavy atom. The molecule has 3 N–H and O–H groups in total. The summed E-state index contributed by atoms with van der Waals surface area (Å²) >= 11 is 0. The van der Waals surface area contributed by atoms with Crippen LogP contribution in [0.1, 0.15) is 29.4 Å². The summed E-state index contributed by atoms with van der Waals surface area (Å²) < 4.78 is 0. The van der Waals surface area contributed by atoms with Gasteiger partial charge in [-0.15, -0.1) is 0 Å². The molecule has 0 saturated carbocycles. The Balaban J connectivity index is 2.62. The summed E-state index contributed by atoms with van der Waals surface area (Å²) in [7, 11) is 0. The second-order valence-electron chi connectivity index (χ2n) is 4.39. The van der Waals surface area contributed by atoms with Crippen molar-refractivity contribution in [2.75, 3.05) is 6.54 Å². The topological polar surface area (TPSA) is 99.5 Å². The van der Waals surface area contributed by atoms with Crippen LogP contribution in [-0.4, -0.2) is 39.2 Å². The lowest BCUT2D eigenvalue weighted by Gasteiger charge is -2.21. The van der Waals surface area contributed by atoms with Crippen molar-refractivity contribution < 1.29 is 19.8 Å². The average Bonchev–Trinajstić information content (AvgIpc) is 2.25. The Morgan fingerprint density at radius 1 is 1.50 bits per heavy atom. The van der Waals surface area contributed by atoms with Crippen LogP contribution in [0.3, 0.4) is 0 Å². The van der Waals surface area contributed by atoms with Crippen molar-refractivity contribution in [1.82, 2.24) is 10.3 Å². The number of carbonyl (C=O) groups is 2. The monoisotopic (exact) mass is 252 g/mol. The largest absolute Gasteiger partial charge is 0.481 e. The van der Waals surface area contributed by atoms with Crippen molar-refractivity contribution >= 4 is 11.9 Å². The number of nitrogens with one attached hydrogen (secondary N) is 1. The van der Waals surface area contributed by atoms with E-state index in [1.54, 1.807) is 25.3 Å². The van der Waals surface area contributed by atoms with Crippen LogP contribution in [0.4, 0.5) is 0 Å². The molecule has 0 saturated heterocycles. The highest BCUT2D eigenvalue weighted by molar-refractivity contribution is 5.95. The first-order valence-corrected chi connectivity index (χ1v) is 5.46. The number of carboxylic acids is 1. The number of rotatable bonds is 5. The molecule has 98 valence electrons. The molecule has 0 aliphatic heterocycles. The van der Waals surface area contributed by atoms with Crippen molar-refractivity contribution in [3.8, 4) is 0 Å². The van der Waals surface area contributed by atoms with Gasteiger partial charge in [0, 0.05) is 18.4 Å². The van der Waals surface area contributed by atoms with Crippen molar-refractivity contribution in [2.24, 2.45) is 0 Å². The van der Waals surface area contributed by atoms with Gasteiger partial charge in [-0.3, -0.25) is 14.6 Å². The quantitative estimate of drug-likeness (QED) is 0.702. The van der Waals surface area contributed by atoms with E-state index in [1.807, 2.05) is 0 Å². The maximum atomic E-state index is 11.8. The van der Waals surface area contributed by atoms with Gasteiger partial charge in [-0.05, 0) is 26.0 Å². The Kier molecular flexibility index (Phi) is 4.38. The van der Waals surface area contributed by atoms with Gasteiger partial charge in [-0.2, -0.15) is 0 Å². The van der Waals surface area contributed by atoms with Crippen LogP contribution in [0.2, 0.25) is 0 Å². The Morgan fingerprint density at radius 3 is 2.72 bits per heavy atom. The molecule has 6 nitrogen and oxygen atoms in total.